The van der Waals surface area contributed by atoms with E-state index in [4.69, 9.17) is 0 Å². The fraction of sp³-hybridized carbons (Fsp3) is 0.533. The maximum absolute atomic E-state index is 12.9. The van der Waals surface area contributed by atoms with Crippen LogP contribution >= 0.6 is 0 Å². The van der Waals surface area contributed by atoms with Gasteiger partial charge in [0.25, 0.3) is 0 Å². The summed E-state index contributed by atoms with van der Waals surface area (Å²) in [5, 5.41) is 0. The van der Waals surface area contributed by atoms with Gasteiger partial charge in [-0.1, -0.05) is 12.1 Å². The molecule has 0 radical (unpaired) electrons. The molecule has 1 unspecified atom stereocenters. The average Bonchev–Trinajstić information content (AvgIpc) is 2.85. The zero-order chi connectivity index (χ0) is 14.8. The van der Waals surface area contributed by atoms with E-state index in [-0.39, 0.29) is 24.1 Å². The number of halogens is 3. The first-order valence-electron chi connectivity index (χ1n) is 6.76. The van der Waals surface area contributed by atoms with Crippen LogP contribution in [0.3, 0.4) is 0 Å². The summed E-state index contributed by atoms with van der Waals surface area (Å²) >= 11 is 0. The van der Waals surface area contributed by atoms with E-state index >= 15 is 0 Å². The number of rotatable bonds is 4. The van der Waals surface area contributed by atoms with Crippen molar-refractivity contribution in [3.63, 3.8) is 0 Å². The summed E-state index contributed by atoms with van der Waals surface area (Å²) in [6.45, 7) is 1.93. The summed E-state index contributed by atoms with van der Waals surface area (Å²) < 4.78 is 38.3. The molecule has 1 heterocycles. The second kappa shape index (κ2) is 5.85. The lowest BCUT2D eigenvalue weighted by Crippen LogP contribution is -2.29. The molecule has 1 aliphatic heterocycles. The first kappa shape index (κ1) is 14.9. The highest BCUT2D eigenvalue weighted by Crippen LogP contribution is 2.28. The molecule has 0 N–H and O–H groups in total. The molecule has 1 aromatic rings. The molecule has 1 saturated heterocycles. The largest absolute Gasteiger partial charge is 0.342 e. The van der Waals surface area contributed by atoms with Gasteiger partial charge in [-0.3, -0.25) is 4.79 Å². The molecule has 2 rings (SSSR count). The molecule has 1 atom stereocenters. The van der Waals surface area contributed by atoms with Crippen LogP contribution in [0.5, 0.6) is 0 Å². The van der Waals surface area contributed by atoms with Crippen LogP contribution in [0, 0.1) is 5.82 Å². The minimum Gasteiger partial charge on any atom is -0.342 e. The molecular formula is C15H18F3NO. The standard InChI is InChI=1S/C15H18F3NO/c1-15(17,18)8-6-14(20)19-9-7-12(10-19)11-2-4-13(16)5-3-11/h2-5,12H,6-10H2,1H3. The fourth-order valence-corrected chi connectivity index (χ4v) is 2.48. The van der Waals surface area contributed by atoms with Crippen molar-refractivity contribution in [1.29, 1.82) is 0 Å². The molecular weight excluding hydrogens is 267 g/mol. The van der Waals surface area contributed by atoms with Crippen LogP contribution in [0.2, 0.25) is 0 Å². The van der Waals surface area contributed by atoms with E-state index in [2.05, 4.69) is 0 Å². The van der Waals surface area contributed by atoms with Gasteiger partial charge < -0.3 is 4.90 Å². The van der Waals surface area contributed by atoms with Crippen LogP contribution in [0.25, 0.3) is 0 Å². The third-order valence-electron chi connectivity index (χ3n) is 3.66. The molecule has 0 aliphatic carbocycles. The van der Waals surface area contributed by atoms with Gasteiger partial charge in [0.2, 0.25) is 11.8 Å². The molecule has 0 saturated carbocycles. The van der Waals surface area contributed by atoms with Crippen molar-refractivity contribution in [2.75, 3.05) is 13.1 Å². The van der Waals surface area contributed by atoms with Crippen molar-refractivity contribution in [2.24, 2.45) is 0 Å². The summed E-state index contributed by atoms with van der Waals surface area (Å²) in [4.78, 5) is 13.5. The molecule has 5 heteroatoms. The van der Waals surface area contributed by atoms with Crippen molar-refractivity contribution in [3.8, 4) is 0 Å². The van der Waals surface area contributed by atoms with Gasteiger partial charge in [-0.2, -0.15) is 0 Å². The van der Waals surface area contributed by atoms with Gasteiger partial charge in [0.05, 0.1) is 0 Å². The van der Waals surface area contributed by atoms with Crippen LogP contribution in [-0.4, -0.2) is 29.8 Å². The van der Waals surface area contributed by atoms with Gasteiger partial charge in [-0.15, -0.1) is 0 Å². The maximum Gasteiger partial charge on any atom is 0.245 e. The number of benzene rings is 1. The molecule has 2 nitrogen and oxygen atoms in total. The highest BCUT2D eigenvalue weighted by atomic mass is 19.3. The van der Waals surface area contributed by atoms with Crippen molar-refractivity contribution < 1.29 is 18.0 Å². The summed E-state index contributed by atoms with van der Waals surface area (Å²) in [5.74, 6) is -3.14. The predicted molar refractivity (Wildman–Crippen MR) is 70.2 cm³/mol. The van der Waals surface area contributed by atoms with Crippen molar-refractivity contribution >= 4 is 5.91 Å². The molecule has 0 aromatic heterocycles. The maximum atomic E-state index is 12.9. The summed E-state index contributed by atoms with van der Waals surface area (Å²) in [6.07, 6.45) is 0.253. The third kappa shape index (κ3) is 3.99. The number of hydrogen-bond acceptors (Lipinski definition) is 1. The summed E-state index contributed by atoms with van der Waals surface area (Å²) in [5.41, 5.74) is 0.988. The van der Waals surface area contributed by atoms with E-state index in [1.165, 1.54) is 12.1 Å². The fourth-order valence-electron chi connectivity index (χ4n) is 2.48. The summed E-state index contributed by atoms with van der Waals surface area (Å²) in [6, 6.07) is 6.23. The minimum absolute atomic E-state index is 0.125. The number of carbonyl (C=O) groups is 1. The van der Waals surface area contributed by atoms with Gasteiger partial charge >= 0.3 is 0 Å². The number of alkyl halides is 2. The normalized spacial score (nSPS) is 19.4. The monoisotopic (exact) mass is 285 g/mol. The lowest BCUT2D eigenvalue weighted by Gasteiger charge is -2.18. The van der Waals surface area contributed by atoms with E-state index in [1.54, 1.807) is 17.0 Å². The molecule has 1 amide bonds. The SMILES string of the molecule is CC(F)(F)CCC(=O)N1CCC(c2ccc(F)cc2)C1. The van der Waals surface area contributed by atoms with Crippen LogP contribution in [0.4, 0.5) is 13.2 Å². The number of nitrogens with zero attached hydrogens (tertiary/aromatic N) is 1. The van der Waals surface area contributed by atoms with Crippen LogP contribution in [-0.2, 0) is 4.79 Å². The Balaban J connectivity index is 1.88. The average molecular weight is 285 g/mol. The highest BCUT2D eigenvalue weighted by molar-refractivity contribution is 5.76. The molecule has 1 aliphatic rings. The second-order valence-corrected chi connectivity index (χ2v) is 5.45. The van der Waals surface area contributed by atoms with Crippen LogP contribution in [0.15, 0.2) is 24.3 Å². The van der Waals surface area contributed by atoms with Gasteiger partial charge in [-0.25, -0.2) is 13.2 Å². The highest BCUT2D eigenvalue weighted by Gasteiger charge is 2.29. The van der Waals surface area contributed by atoms with Gasteiger partial charge in [0.1, 0.15) is 5.82 Å². The quantitative estimate of drug-likeness (QED) is 0.828. The number of likely N-dealkylation sites (tertiary alicyclic amines) is 1. The Bertz CT molecular complexity index is 467. The minimum atomic E-state index is -2.80. The van der Waals surface area contributed by atoms with Crippen molar-refractivity contribution in [1.82, 2.24) is 4.90 Å². The zero-order valence-electron chi connectivity index (χ0n) is 11.4. The van der Waals surface area contributed by atoms with Gasteiger partial charge in [-0.05, 0) is 31.0 Å². The van der Waals surface area contributed by atoms with Gasteiger partial charge in [0.15, 0.2) is 0 Å². The Kier molecular flexibility index (Phi) is 4.35. The molecule has 0 spiro atoms. The first-order chi connectivity index (χ1) is 9.35. The lowest BCUT2D eigenvalue weighted by atomic mass is 9.99. The second-order valence-electron chi connectivity index (χ2n) is 5.45. The summed E-state index contributed by atoms with van der Waals surface area (Å²) in [7, 11) is 0. The molecule has 110 valence electrons. The van der Waals surface area contributed by atoms with Gasteiger partial charge in [0, 0.05) is 31.8 Å². The molecule has 20 heavy (non-hydrogen) atoms. The first-order valence-corrected chi connectivity index (χ1v) is 6.76. The van der Waals surface area contributed by atoms with Crippen LogP contribution < -0.4 is 0 Å². The number of carbonyl (C=O) groups excluding carboxylic acids is 1. The Morgan fingerprint density at radius 1 is 1.35 bits per heavy atom. The molecule has 1 fully saturated rings. The Morgan fingerprint density at radius 3 is 2.60 bits per heavy atom. The Hall–Kier alpha value is -1.52. The zero-order valence-corrected chi connectivity index (χ0v) is 11.4. The number of amides is 1. The smallest absolute Gasteiger partial charge is 0.245 e. The Morgan fingerprint density at radius 2 is 2.00 bits per heavy atom. The molecule has 1 aromatic carbocycles. The topological polar surface area (TPSA) is 20.3 Å². The predicted octanol–water partition coefficient (Wildman–Crippen LogP) is 3.58. The number of hydrogen-bond donors (Lipinski definition) is 0. The van der Waals surface area contributed by atoms with E-state index in [0.29, 0.717) is 13.1 Å². The van der Waals surface area contributed by atoms with Crippen molar-refractivity contribution in [2.45, 2.75) is 38.0 Å². The van der Waals surface area contributed by atoms with E-state index in [9.17, 15) is 18.0 Å². The lowest BCUT2D eigenvalue weighted by molar-refractivity contribution is -0.132. The van der Waals surface area contributed by atoms with E-state index in [1.807, 2.05) is 0 Å². The van der Waals surface area contributed by atoms with E-state index < -0.39 is 12.3 Å². The van der Waals surface area contributed by atoms with Crippen LogP contribution in [0.1, 0.15) is 37.7 Å². The molecule has 0 bridgehead atoms. The Labute approximate surface area is 116 Å². The van der Waals surface area contributed by atoms with Crippen molar-refractivity contribution in [3.05, 3.63) is 35.6 Å². The third-order valence-corrected chi connectivity index (χ3v) is 3.66. The van der Waals surface area contributed by atoms with E-state index in [0.717, 1.165) is 18.9 Å².